The number of nitrogens with zero attached hydrogens (tertiary/aromatic N) is 2. The predicted molar refractivity (Wildman–Crippen MR) is 102 cm³/mol. The standard InChI is InChI=1S/C19H18N4OS/c1-24-16-10-3-2-9-15(16)23-18(14-8-6-12-21-14)17(22-19(23)25)13-7-4-5-11-20-13/h2-12,17-18,21H,1H3,(H,22,25)/t17-,18-/m0/s1. The number of hydrogen-bond acceptors (Lipinski definition) is 3. The summed E-state index contributed by atoms with van der Waals surface area (Å²) >= 11 is 5.68. The number of anilines is 1. The van der Waals surface area contributed by atoms with Gasteiger partial charge >= 0.3 is 0 Å². The third kappa shape index (κ3) is 2.74. The lowest BCUT2D eigenvalue weighted by Crippen LogP contribution is -2.29. The maximum atomic E-state index is 5.68. The number of methoxy groups -OCH3 is 1. The molecule has 1 aliphatic rings. The van der Waals surface area contributed by atoms with Crippen LogP contribution in [-0.2, 0) is 0 Å². The van der Waals surface area contributed by atoms with Crippen molar-refractivity contribution in [2.75, 3.05) is 12.0 Å². The summed E-state index contributed by atoms with van der Waals surface area (Å²) in [6, 6.07) is 17.8. The van der Waals surface area contributed by atoms with Crippen LogP contribution in [0.5, 0.6) is 5.75 Å². The van der Waals surface area contributed by atoms with Crippen LogP contribution in [0.25, 0.3) is 0 Å². The summed E-state index contributed by atoms with van der Waals surface area (Å²) in [5, 5.41) is 4.08. The molecule has 0 aliphatic carbocycles. The molecular formula is C19H18N4OS. The lowest BCUT2D eigenvalue weighted by Gasteiger charge is -2.28. The Morgan fingerprint density at radius 1 is 1.08 bits per heavy atom. The highest BCUT2D eigenvalue weighted by Gasteiger charge is 2.42. The van der Waals surface area contributed by atoms with Crippen molar-refractivity contribution in [1.29, 1.82) is 0 Å². The Labute approximate surface area is 151 Å². The average Bonchev–Trinajstić information content (AvgIpc) is 3.30. The lowest BCUT2D eigenvalue weighted by atomic mass is 10.0. The second kappa shape index (κ2) is 6.57. The van der Waals surface area contributed by atoms with E-state index in [0.29, 0.717) is 5.11 Å². The summed E-state index contributed by atoms with van der Waals surface area (Å²) in [6.07, 6.45) is 3.73. The number of thiocarbonyl (C=S) groups is 1. The fraction of sp³-hybridized carbons (Fsp3) is 0.158. The molecule has 126 valence electrons. The number of aromatic nitrogens is 2. The van der Waals surface area contributed by atoms with Crippen LogP contribution in [-0.4, -0.2) is 22.2 Å². The summed E-state index contributed by atoms with van der Waals surface area (Å²) in [7, 11) is 1.67. The van der Waals surface area contributed by atoms with Crippen molar-refractivity contribution in [2.24, 2.45) is 0 Å². The van der Waals surface area contributed by atoms with Gasteiger partial charge < -0.3 is 19.9 Å². The molecule has 1 fully saturated rings. The van der Waals surface area contributed by atoms with E-state index in [0.717, 1.165) is 22.8 Å². The second-order valence-electron chi connectivity index (χ2n) is 5.79. The molecule has 6 heteroatoms. The number of rotatable bonds is 4. The molecule has 3 heterocycles. The molecule has 0 saturated carbocycles. The number of hydrogen-bond donors (Lipinski definition) is 2. The summed E-state index contributed by atoms with van der Waals surface area (Å²) in [4.78, 5) is 9.96. The molecule has 0 radical (unpaired) electrons. The quantitative estimate of drug-likeness (QED) is 0.704. The van der Waals surface area contributed by atoms with Crippen LogP contribution in [0.4, 0.5) is 5.69 Å². The smallest absolute Gasteiger partial charge is 0.174 e. The molecule has 4 rings (SSSR count). The molecule has 0 unspecified atom stereocenters. The van der Waals surface area contributed by atoms with Gasteiger partial charge in [-0.3, -0.25) is 4.98 Å². The first-order valence-electron chi connectivity index (χ1n) is 8.06. The van der Waals surface area contributed by atoms with Gasteiger partial charge in [0.1, 0.15) is 11.8 Å². The fourth-order valence-corrected chi connectivity index (χ4v) is 3.63. The van der Waals surface area contributed by atoms with Crippen LogP contribution in [0.2, 0.25) is 0 Å². The highest BCUT2D eigenvalue weighted by atomic mass is 32.1. The largest absolute Gasteiger partial charge is 0.495 e. The van der Waals surface area contributed by atoms with Crippen molar-refractivity contribution >= 4 is 23.0 Å². The van der Waals surface area contributed by atoms with E-state index < -0.39 is 0 Å². The van der Waals surface area contributed by atoms with E-state index in [9.17, 15) is 0 Å². The summed E-state index contributed by atoms with van der Waals surface area (Å²) in [5.74, 6) is 0.782. The zero-order valence-electron chi connectivity index (χ0n) is 13.7. The molecule has 1 aromatic carbocycles. The fourth-order valence-electron chi connectivity index (χ4n) is 3.29. The molecule has 25 heavy (non-hydrogen) atoms. The minimum atomic E-state index is -0.0581. The molecule has 3 aromatic rings. The minimum absolute atomic E-state index is 0.0475. The third-order valence-electron chi connectivity index (χ3n) is 4.38. The molecule has 0 amide bonds. The Balaban J connectivity index is 1.84. The molecule has 1 aliphatic heterocycles. The molecule has 5 nitrogen and oxygen atoms in total. The monoisotopic (exact) mass is 350 g/mol. The van der Waals surface area contributed by atoms with Gasteiger partial charge in [-0.05, 0) is 48.6 Å². The van der Waals surface area contributed by atoms with Gasteiger partial charge in [-0.2, -0.15) is 0 Å². The van der Waals surface area contributed by atoms with Crippen LogP contribution in [0, 0.1) is 0 Å². The number of H-pyrrole nitrogens is 1. The van der Waals surface area contributed by atoms with E-state index in [1.807, 2.05) is 54.7 Å². The molecule has 0 bridgehead atoms. The second-order valence-corrected chi connectivity index (χ2v) is 6.18. The van der Waals surface area contributed by atoms with Crippen LogP contribution in [0.1, 0.15) is 23.5 Å². The Morgan fingerprint density at radius 3 is 2.64 bits per heavy atom. The first-order valence-corrected chi connectivity index (χ1v) is 8.47. The number of para-hydroxylation sites is 2. The number of benzene rings is 1. The highest BCUT2D eigenvalue weighted by Crippen LogP contribution is 2.43. The van der Waals surface area contributed by atoms with Crippen molar-refractivity contribution in [1.82, 2.24) is 15.3 Å². The molecule has 0 spiro atoms. The van der Waals surface area contributed by atoms with Gasteiger partial charge in [-0.25, -0.2) is 0 Å². The molecule has 2 aromatic heterocycles. The molecule has 2 N–H and O–H groups in total. The zero-order chi connectivity index (χ0) is 17.2. The Bertz CT molecular complexity index is 866. The van der Waals surface area contributed by atoms with E-state index >= 15 is 0 Å². The zero-order valence-corrected chi connectivity index (χ0v) is 14.5. The molecule has 2 atom stereocenters. The van der Waals surface area contributed by atoms with Gasteiger partial charge in [0.2, 0.25) is 0 Å². The summed E-state index contributed by atoms with van der Waals surface area (Å²) in [5.41, 5.74) is 2.94. The normalized spacial score (nSPS) is 19.7. The maximum Gasteiger partial charge on any atom is 0.174 e. The van der Waals surface area contributed by atoms with E-state index in [-0.39, 0.29) is 12.1 Å². The SMILES string of the molecule is COc1ccccc1N1C(=S)N[C@@H](c2ccccn2)[C@@H]1c1ccc[nH]1. The van der Waals surface area contributed by atoms with Crippen molar-refractivity contribution < 1.29 is 4.74 Å². The number of nitrogens with one attached hydrogen (secondary N) is 2. The summed E-state index contributed by atoms with van der Waals surface area (Å²) < 4.78 is 5.56. The number of ether oxygens (including phenoxy) is 1. The van der Waals surface area contributed by atoms with Crippen LogP contribution in [0.3, 0.4) is 0 Å². The van der Waals surface area contributed by atoms with Gasteiger partial charge in [0.05, 0.1) is 24.5 Å². The van der Waals surface area contributed by atoms with Crippen molar-refractivity contribution in [3.05, 3.63) is 78.4 Å². The Hall–Kier alpha value is -2.86. The highest BCUT2D eigenvalue weighted by molar-refractivity contribution is 7.80. The molecular weight excluding hydrogens is 332 g/mol. The third-order valence-corrected chi connectivity index (χ3v) is 4.70. The average molecular weight is 350 g/mol. The van der Waals surface area contributed by atoms with E-state index in [1.165, 1.54) is 0 Å². The lowest BCUT2D eigenvalue weighted by molar-refractivity contribution is 0.414. The number of pyridine rings is 1. The van der Waals surface area contributed by atoms with Gasteiger partial charge in [-0.1, -0.05) is 18.2 Å². The Morgan fingerprint density at radius 2 is 1.92 bits per heavy atom. The first-order chi connectivity index (χ1) is 12.3. The van der Waals surface area contributed by atoms with E-state index in [4.69, 9.17) is 17.0 Å². The topological polar surface area (TPSA) is 53.2 Å². The van der Waals surface area contributed by atoms with Crippen LogP contribution >= 0.6 is 12.2 Å². The van der Waals surface area contributed by atoms with Gasteiger partial charge in [0, 0.05) is 18.1 Å². The summed E-state index contributed by atoms with van der Waals surface area (Å²) in [6.45, 7) is 0. The molecule has 1 saturated heterocycles. The van der Waals surface area contributed by atoms with Crippen LogP contribution < -0.4 is 15.0 Å². The van der Waals surface area contributed by atoms with E-state index in [2.05, 4.69) is 26.3 Å². The van der Waals surface area contributed by atoms with Gasteiger partial charge in [-0.15, -0.1) is 0 Å². The first kappa shape index (κ1) is 15.7. The van der Waals surface area contributed by atoms with Crippen molar-refractivity contribution in [3.8, 4) is 5.75 Å². The van der Waals surface area contributed by atoms with Gasteiger partial charge in [0.25, 0.3) is 0 Å². The maximum absolute atomic E-state index is 5.68. The minimum Gasteiger partial charge on any atom is -0.495 e. The Kier molecular flexibility index (Phi) is 4.11. The predicted octanol–water partition coefficient (Wildman–Crippen LogP) is 3.60. The number of aromatic amines is 1. The van der Waals surface area contributed by atoms with Crippen LogP contribution in [0.15, 0.2) is 67.0 Å². The van der Waals surface area contributed by atoms with E-state index in [1.54, 1.807) is 13.3 Å². The van der Waals surface area contributed by atoms with Crippen molar-refractivity contribution in [2.45, 2.75) is 12.1 Å². The van der Waals surface area contributed by atoms with Crippen molar-refractivity contribution in [3.63, 3.8) is 0 Å². The van der Waals surface area contributed by atoms with Gasteiger partial charge in [0.15, 0.2) is 5.11 Å².